The smallest absolute Gasteiger partial charge is 0.131 e. The predicted octanol–water partition coefficient (Wildman–Crippen LogP) is 1.85. The highest BCUT2D eigenvalue weighted by atomic mass is 35.5. The second kappa shape index (κ2) is 4.15. The average Bonchev–Trinajstić information content (AvgIpc) is 2.10. The van der Waals surface area contributed by atoms with Crippen LogP contribution in [-0.4, -0.2) is 35.6 Å². The van der Waals surface area contributed by atoms with Crippen LogP contribution in [0.15, 0.2) is 18.3 Å². The van der Waals surface area contributed by atoms with Gasteiger partial charge in [0.2, 0.25) is 0 Å². The molecular formula is C10H14ClN3. The second-order valence-electron chi connectivity index (χ2n) is 3.56. The van der Waals surface area contributed by atoms with Crippen molar-refractivity contribution in [2.45, 2.75) is 13.0 Å². The third-order valence-electron chi connectivity index (χ3n) is 2.50. The molecule has 1 N–H and O–H groups in total. The molecule has 1 saturated heterocycles. The molecule has 1 fully saturated rings. The molecule has 0 aliphatic carbocycles. The largest absolute Gasteiger partial charge is 0.380 e. The number of aromatic nitrogens is 1. The Kier molecular flexibility index (Phi) is 2.89. The summed E-state index contributed by atoms with van der Waals surface area (Å²) in [4.78, 5) is 6.33. The van der Waals surface area contributed by atoms with E-state index in [1.807, 2.05) is 12.1 Å². The normalized spacial score (nSPS) is 17.9. The molecule has 2 heterocycles. The number of halogens is 1. The molecule has 0 spiro atoms. The highest BCUT2D eigenvalue weighted by Gasteiger charge is 2.24. The van der Waals surface area contributed by atoms with Gasteiger partial charge < -0.3 is 5.32 Å². The molecule has 2 rings (SSSR count). The Labute approximate surface area is 89.1 Å². The maximum atomic E-state index is 5.78. The molecule has 76 valence electrons. The summed E-state index contributed by atoms with van der Waals surface area (Å²) in [5.41, 5.74) is 1.06. The summed E-state index contributed by atoms with van der Waals surface area (Å²) < 4.78 is 0. The number of nitrogens with one attached hydrogen (secondary N) is 1. The molecule has 1 aromatic heterocycles. The van der Waals surface area contributed by atoms with Gasteiger partial charge in [-0.1, -0.05) is 18.5 Å². The van der Waals surface area contributed by atoms with Crippen molar-refractivity contribution in [2.75, 3.05) is 25.0 Å². The first-order chi connectivity index (χ1) is 6.78. The summed E-state index contributed by atoms with van der Waals surface area (Å²) in [6.07, 6.45) is 1.72. The zero-order valence-corrected chi connectivity index (χ0v) is 8.96. The quantitative estimate of drug-likeness (QED) is 0.774. The van der Waals surface area contributed by atoms with E-state index < -0.39 is 0 Å². The van der Waals surface area contributed by atoms with Crippen LogP contribution in [0.4, 0.5) is 5.69 Å². The maximum absolute atomic E-state index is 5.78. The molecule has 0 radical (unpaired) electrons. The van der Waals surface area contributed by atoms with E-state index in [-0.39, 0.29) is 0 Å². The van der Waals surface area contributed by atoms with E-state index in [1.54, 1.807) is 6.20 Å². The Balaban J connectivity index is 1.87. The standard InChI is InChI=1S/C10H14ClN3/c1-2-14-6-9(7-14)13-8-3-4-12-10(11)5-8/h3-5,9H,2,6-7H2,1H3,(H,12,13). The zero-order valence-electron chi connectivity index (χ0n) is 8.20. The third-order valence-corrected chi connectivity index (χ3v) is 2.71. The molecule has 0 saturated carbocycles. The number of hydrogen-bond donors (Lipinski definition) is 1. The van der Waals surface area contributed by atoms with Crippen LogP contribution in [0.5, 0.6) is 0 Å². The molecule has 0 atom stereocenters. The molecule has 0 unspecified atom stereocenters. The molecule has 4 heteroatoms. The van der Waals surface area contributed by atoms with E-state index in [9.17, 15) is 0 Å². The number of hydrogen-bond acceptors (Lipinski definition) is 3. The van der Waals surface area contributed by atoms with Gasteiger partial charge in [0.15, 0.2) is 0 Å². The van der Waals surface area contributed by atoms with Gasteiger partial charge in [0.25, 0.3) is 0 Å². The minimum absolute atomic E-state index is 0.543. The van der Waals surface area contributed by atoms with Crippen molar-refractivity contribution in [1.29, 1.82) is 0 Å². The fourth-order valence-corrected chi connectivity index (χ4v) is 1.82. The topological polar surface area (TPSA) is 28.2 Å². The Hall–Kier alpha value is -0.800. The van der Waals surface area contributed by atoms with Gasteiger partial charge in [0, 0.05) is 25.0 Å². The van der Waals surface area contributed by atoms with Gasteiger partial charge in [-0.25, -0.2) is 4.98 Å². The fourth-order valence-electron chi connectivity index (χ4n) is 1.65. The van der Waals surface area contributed by atoms with Gasteiger partial charge in [-0.15, -0.1) is 0 Å². The third kappa shape index (κ3) is 2.16. The minimum atomic E-state index is 0.543. The van der Waals surface area contributed by atoms with Crippen LogP contribution >= 0.6 is 11.6 Å². The van der Waals surface area contributed by atoms with Crippen molar-refractivity contribution < 1.29 is 0 Å². The Morgan fingerprint density at radius 3 is 3.07 bits per heavy atom. The first-order valence-corrected chi connectivity index (χ1v) is 5.26. The summed E-state index contributed by atoms with van der Waals surface area (Å²) in [5.74, 6) is 0. The van der Waals surface area contributed by atoms with Gasteiger partial charge in [0.05, 0.1) is 6.04 Å². The second-order valence-corrected chi connectivity index (χ2v) is 3.95. The number of pyridine rings is 1. The lowest BCUT2D eigenvalue weighted by molar-refractivity contribution is 0.171. The lowest BCUT2D eigenvalue weighted by Crippen LogP contribution is -2.54. The van der Waals surface area contributed by atoms with E-state index in [1.165, 1.54) is 0 Å². The van der Waals surface area contributed by atoms with Crippen molar-refractivity contribution >= 4 is 17.3 Å². The predicted molar refractivity (Wildman–Crippen MR) is 58.8 cm³/mol. The summed E-state index contributed by atoms with van der Waals surface area (Å²) in [5, 5.41) is 3.96. The van der Waals surface area contributed by atoms with Crippen LogP contribution in [0.3, 0.4) is 0 Å². The van der Waals surface area contributed by atoms with Crippen LogP contribution < -0.4 is 5.32 Å². The number of nitrogens with zero attached hydrogens (tertiary/aromatic N) is 2. The van der Waals surface area contributed by atoms with Gasteiger partial charge in [0.1, 0.15) is 5.15 Å². The van der Waals surface area contributed by atoms with Crippen molar-refractivity contribution in [3.05, 3.63) is 23.5 Å². The molecular weight excluding hydrogens is 198 g/mol. The van der Waals surface area contributed by atoms with Crippen LogP contribution in [0, 0.1) is 0 Å². The van der Waals surface area contributed by atoms with Gasteiger partial charge >= 0.3 is 0 Å². The maximum Gasteiger partial charge on any atom is 0.131 e. The molecule has 1 aliphatic heterocycles. The lowest BCUT2D eigenvalue weighted by atomic mass is 10.1. The zero-order chi connectivity index (χ0) is 9.97. The Morgan fingerprint density at radius 2 is 2.43 bits per heavy atom. The van der Waals surface area contributed by atoms with E-state index in [4.69, 9.17) is 11.6 Å². The molecule has 3 nitrogen and oxygen atoms in total. The number of likely N-dealkylation sites (N-methyl/N-ethyl adjacent to an activating group) is 1. The first kappa shape index (κ1) is 9.74. The summed E-state index contributed by atoms with van der Waals surface area (Å²) in [6.45, 7) is 5.56. The first-order valence-electron chi connectivity index (χ1n) is 4.88. The van der Waals surface area contributed by atoms with Crippen molar-refractivity contribution in [2.24, 2.45) is 0 Å². The monoisotopic (exact) mass is 211 g/mol. The number of anilines is 1. The molecule has 0 amide bonds. The van der Waals surface area contributed by atoms with Gasteiger partial charge in [-0.2, -0.15) is 0 Å². The number of rotatable bonds is 3. The Morgan fingerprint density at radius 1 is 1.64 bits per heavy atom. The fraction of sp³-hybridized carbons (Fsp3) is 0.500. The van der Waals surface area contributed by atoms with Gasteiger partial charge in [-0.05, 0) is 18.7 Å². The van der Waals surface area contributed by atoms with E-state index in [0.29, 0.717) is 11.2 Å². The van der Waals surface area contributed by atoms with Gasteiger partial charge in [-0.3, -0.25) is 4.90 Å². The van der Waals surface area contributed by atoms with Crippen LogP contribution in [0.1, 0.15) is 6.92 Å². The van der Waals surface area contributed by atoms with Crippen LogP contribution in [-0.2, 0) is 0 Å². The van der Waals surface area contributed by atoms with Crippen LogP contribution in [0.25, 0.3) is 0 Å². The van der Waals surface area contributed by atoms with E-state index in [2.05, 4.69) is 22.1 Å². The summed E-state index contributed by atoms with van der Waals surface area (Å²) in [7, 11) is 0. The SMILES string of the molecule is CCN1CC(Nc2ccnc(Cl)c2)C1. The molecule has 0 aromatic carbocycles. The molecule has 0 bridgehead atoms. The molecule has 1 aromatic rings. The highest BCUT2D eigenvalue weighted by molar-refractivity contribution is 6.29. The van der Waals surface area contributed by atoms with Crippen molar-refractivity contribution in [3.8, 4) is 0 Å². The van der Waals surface area contributed by atoms with E-state index in [0.717, 1.165) is 25.3 Å². The lowest BCUT2D eigenvalue weighted by Gasteiger charge is -2.39. The van der Waals surface area contributed by atoms with E-state index >= 15 is 0 Å². The summed E-state index contributed by atoms with van der Waals surface area (Å²) >= 11 is 5.78. The molecule has 1 aliphatic rings. The minimum Gasteiger partial charge on any atom is -0.380 e. The summed E-state index contributed by atoms with van der Waals surface area (Å²) in [6, 6.07) is 4.37. The highest BCUT2D eigenvalue weighted by Crippen LogP contribution is 2.16. The average molecular weight is 212 g/mol. The number of likely N-dealkylation sites (tertiary alicyclic amines) is 1. The molecule has 14 heavy (non-hydrogen) atoms. The Bertz CT molecular complexity index is 310. The van der Waals surface area contributed by atoms with Crippen molar-refractivity contribution in [3.63, 3.8) is 0 Å². The van der Waals surface area contributed by atoms with Crippen molar-refractivity contribution in [1.82, 2.24) is 9.88 Å². The van der Waals surface area contributed by atoms with Crippen LogP contribution in [0.2, 0.25) is 5.15 Å².